The minimum atomic E-state index is -0.522. The van der Waals surface area contributed by atoms with Gasteiger partial charge in [0.25, 0.3) is 0 Å². The Kier molecular flexibility index (Phi) is 4.02. The van der Waals surface area contributed by atoms with Gasteiger partial charge in [0.05, 0.1) is 0 Å². The lowest BCUT2D eigenvalue weighted by Gasteiger charge is -2.32. The van der Waals surface area contributed by atoms with Crippen LogP contribution in [0.1, 0.15) is 46.5 Å². The monoisotopic (exact) mass is 268 g/mol. The molecule has 0 bridgehead atoms. The van der Waals surface area contributed by atoms with Crippen LogP contribution in [-0.2, 0) is 9.53 Å². The number of hydrogen-bond acceptors (Lipinski definition) is 3. The summed E-state index contributed by atoms with van der Waals surface area (Å²) in [5, 5.41) is 3.04. The highest BCUT2D eigenvalue weighted by Crippen LogP contribution is 2.27. The van der Waals surface area contributed by atoms with E-state index in [1.165, 1.54) is 6.42 Å². The summed E-state index contributed by atoms with van der Waals surface area (Å²) in [6.45, 7) is 6.25. The quantitative estimate of drug-likeness (QED) is 0.730. The van der Waals surface area contributed by atoms with E-state index in [1.54, 1.807) is 4.90 Å². The van der Waals surface area contributed by atoms with E-state index < -0.39 is 5.60 Å². The summed E-state index contributed by atoms with van der Waals surface area (Å²) >= 11 is 0. The van der Waals surface area contributed by atoms with E-state index in [0.717, 1.165) is 19.3 Å². The number of carbonyl (C=O) groups is 2. The third kappa shape index (κ3) is 3.85. The Morgan fingerprint density at radius 1 is 1.32 bits per heavy atom. The van der Waals surface area contributed by atoms with E-state index >= 15 is 0 Å². The summed E-state index contributed by atoms with van der Waals surface area (Å²) < 4.78 is 5.37. The normalized spacial score (nSPS) is 28.2. The molecule has 2 unspecified atom stereocenters. The van der Waals surface area contributed by atoms with Crippen molar-refractivity contribution in [2.45, 2.75) is 58.1 Å². The summed E-state index contributed by atoms with van der Waals surface area (Å²) in [7, 11) is 0. The minimum Gasteiger partial charge on any atom is -0.444 e. The Labute approximate surface area is 114 Å². The summed E-state index contributed by atoms with van der Waals surface area (Å²) in [5.41, 5.74) is -0.522. The standard InChI is InChI=1S/C14H24N2O3/c1-14(2,3)19-13(18)16-8-10-6-4-5-7-11(10)15-12(17)9-16/h10-11H,4-9H2,1-3H3,(H,15,17). The maximum atomic E-state index is 12.1. The molecule has 2 fully saturated rings. The fraction of sp³-hybridized carbons (Fsp3) is 0.857. The topological polar surface area (TPSA) is 58.6 Å². The molecule has 0 spiro atoms. The van der Waals surface area contributed by atoms with Crippen molar-refractivity contribution in [1.29, 1.82) is 0 Å². The predicted molar refractivity (Wildman–Crippen MR) is 71.7 cm³/mol. The number of fused-ring (bicyclic) bond motifs is 1. The highest BCUT2D eigenvalue weighted by Gasteiger charge is 2.35. The lowest BCUT2D eigenvalue weighted by molar-refractivity contribution is -0.122. The molecule has 0 aromatic rings. The molecule has 1 saturated heterocycles. The first-order valence-electron chi connectivity index (χ1n) is 7.12. The maximum Gasteiger partial charge on any atom is 0.410 e. The fourth-order valence-corrected chi connectivity index (χ4v) is 2.86. The molecule has 1 heterocycles. The van der Waals surface area contributed by atoms with Crippen molar-refractivity contribution in [1.82, 2.24) is 10.2 Å². The van der Waals surface area contributed by atoms with Crippen molar-refractivity contribution in [2.24, 2.45) is 5.92 Å². The summed E-state index contributed by atoms with van der Waals surface area (Å²) in [6.07, 6.45) is 4.06. The number of rotatable bonds is 0. The zero-order valence-corrected chi connectivity index (χ0v) is 12.1. The number of ether oxygens (including phenoxy) is 1. The number of carbonyl (C=O) groups excluding carboxylic acids is 2. The molecule has 1 aliphatic heterocycles. The van der Waals surface area contributed by atoms with E-state index in [2.05, 4.69) is 5.32 Å². The van der Waals surface area contributed by atoms with Crippen molar-refractivity contribution >= 4 is 12.0 Å². The van der Waals surface area contributed by atoms with E-state index in [4.69, 9.17) is 4.74 Å². The molecular weight excluding hydrogens is 244 g/mol. The number of nitrogens with one attached hydrogen (secondary N) is 1. The molecule has 0 aromatic carbocycles. The van der Waals surface area contributed by atoms with Crippen LogP contribution in [-0.4, -0.2) is 41.6 Å². The number of nitrogens with zero attached hydrogens (tertiary/aromatic N) is 1. The zero-order chi connectivity index (χ0) is 14.0. The predicted octanol–water partition coefficient (Wildman–Crippen LogP) is 1.91. The van der Waals surface area contributed by atoms with Gasteiger partial charge in [0.1, 0.15) is 12.1 Å². The van der Waals surface area contributed by atoms with Crippen molar-refractivity contribution in [3.05, 3.63) is 0 Å². The van der Waals surface area contributed by atoms with Crippen molar-refractivity contribution in [3.63, 3.8) is 0 Å². The second-order valence-corrected chi connectivity index (χ2v) is 6.58. The van der Waals surface area contributed by atoms with Gasteiger partial charge in [0, 0.05) is 12.6 Å². The lowest BCUT2D eigenvalue weighted by Crippen LogP contribution is -2.41. The molecule has 1 aliphatic carbocycles. The van der Waals surface area contributed by atoms with Gasteiger partial charge in [-0.1, -0.05) is 12.8 Å². The minimum absolute atomic E-state index is 0.0692. The Morgan fingerprint density at radius 2 is 2.00 bits per heavy atom. The highest BCUT2D eigenvalue weighted by atomic mass is 16.6. The molecule has 2 aliphatic rings. The van der Waals surface area contributed by atoms with E-state index in [9.17, 15) is 9.59 Å². The summed E-state index contributed by atoms with van der Waals surface area (Å²) in [5.74, 6) is 0.299. The van der Waals surface area contributed by atoms with Crippen LogP contribution in [0.4, 0.5) is 4.79 Å². The van der Waals surface area contributed by atoms with Gasteiger partial charge >= 0.3 is 6.09 Å². The maximum absolute atomic E-state index is 12.1. The van der Waals surface area contributed by atoms with E-state index in [0.29, 0.717) is 12.5 Å². The van der Waals surface area contributed by atoms with Crippen LogP contribution < -0.4 is 5.32 Å². The average molecular weight is 268 g/mol. The molecule has 2 rings (SSSR count). The van der Waals surface area contributed by atoms with Gasteiger partial charge in [0.15, 0.2) is 0 Å². The molecule has 5 nitrogen and oxygen atoms in total. The molecule has 2 atom stereocenters. The molecule has 1 saturated carbocycles. The van der Waals surface area contributed by atoms with Crippen LogP contribution in [0, 0.1) is 5.92 Å². The molecule has 0 radical (unpaired) electrons. The summed E-state index contributed by atoms with van der Waals surface area (Å²) in [6, 6.07) is 0.230. The van der Waals surface area contributed by atoms with Gasteiger partial charge in [-0.15, -0.1) is 0 Å². The second kappa shape index (κ2) is 5.39. The molecule has 108 valence electrons. The molecule has 19 heavy (non-hydrogen) atoms. The van der Waals surface area contributed by atoms with Crippen molar-refractivity contribution < 1.29 is 14.3 Å². The lowest BCUT2D eigenvalue weighted by atomic mass is 9.84. The molecule has 1 N–H and O–H groups in total. The molecule has 2 amide bonds. The SMILES string of the molecule is CC(C)(C)OC(=O)N1CC(=O)NC2CCCCC2C1. The average Bonchev–Trinajstić information content (AvgIpc) is 2.44. The fourth-order valence-electron chi connectivity index (χ4n) is 2.86. The Hall–Kier alpha value is -1.26. The van der Waals surface area contributed by atoms with Crippen LogP contribution in [0.15, 0.2) is 0 Å². The highest BCUT2D eigenvalue weighted by molar-refractivity contribution is 5.83. The van der Waals surface area contributed by atoms with Crippen LogP contribution in [0.25, 0.3) is 0 Å². The van der Waals surface area contributed by atoms with Crippen molar-refractivity contribution in [3.8, 4) is 0 Å². The first-order valence-corrected chi connectivity index (χ1v) is 7.12. The van der Waals surface area contributed by atoms with Gasteiger partial charge < -0.3 is 10.1 Å². The first kappa shape index (κ1) is 14.2. The molecule has 0 aromatic heterocycles. The van der Waals surface area contributed by atoms with Crippen molar-refractivity contribution in [2.75, 3.05) is 13.1 Å². The van der Waals surface area contributed by atoms with Crippen LogP contribution in [0.5, 0.6) is 0 Å². The van der Waals surface area contributed by atoms with E-state index in [1.807, 2.05) is 20.8 Å². The van der Waals surface area contributed by atoms with Crippen LogP contribution in [0.3, 0.4) is 0 Å². The Morgan fingerprint density at radius 3 is 2.68 bits per heavy atom. The first-order chi connectivity index (χ1) is 8.85. The largest absolute Gasteiger partial charge is 0.444 e. The number of amides is 2. The van der Waals surface area contributed by atoms with Gasteiger partial charge in [-0.25, -0.2) is 4.79 Å². The molecular formula is C14H24N2O3. The van der Waals surface area contributed by atoms with Crippen LogP contribution in [0.2, 0.25) is 0 Å². The van der Waals surface area contributed by atoms with Gasteiger partial charge in [-0.05, 0) is 39.5 Å². The Bertz CT molecular complexity index is 362. The van der Waals surface area contributed by atoms with E-state index in [-0.39, 0.29) is 24.6 Å². The second-order valence-electron chi connectivity index (χ2n) is 6.58. The third-order valence-electron chi connectivity index (χ3n) is 3.70. The zero-order valence-electron chi connectivity index (χ0n) is 12.1. The Balaban J connectivity index is 2.04. The summed E-state index contributed by atoms with van der Waals surface area (Å²) in [4.78, 5) is 25.5. The van der Waals surface area contributed by atoms with Gasteiger partial charge in [-0.2, -0.15) is 0 Å². The van der Waals surface area contributed by atoms with Crippen LogP contribution >= 0.6 is 0 Å². The van der Waals surface area contributed by atoms with Gasteiger partial charge in [-0.3, -0.25) is 9.69 Å². The van der Waals surface area contributed by atoms with Gasteiger partial charge in [0.2, 0.25) is 5.91 Å². The number of hydrogen-bond donors (Lipinski definition) is 1. The molecule has 5 heteroatoms. The smallest absolute Gasteiger partial charge is 0.410 e. The third-order valence-corrected chi connectivity index (χ3v) is 3.70.